The lowest BCUT2D eigenvalue weighted by atomic mass is 9.98. The van der Waals surface area contributed by atoms with Crippen molar-refractivity contribution in [2.45, 2.75) is 37.5 Å². The van der Waals surface area contributed by atoms with Crippen molar-refractivity contribution in [3.8, 4) is 5.75 Å². The summed E-state index contributed by atoms with van der Waals surface area (Å²) < 4.78 is 37.3. The number of benzene rings is 2. The first-order valence-electron chi connectivity index (χ1n) is 10.2. The lowest BCUT2D eigenvalue weighted by Gasteiger charge is -2.30. The first-order chi connectivity index (χ1) is 14.7. The van der Waals surface area contributed by atoms with E-state index >= 15 is 0 Å². The minimum atomic E-state index is -3.59. The Balaban J connectivity index is 1.58. The summed E-state index contributed by atoms with van der Waals surface area (Å²) >= 11 is 0. The van der Waals surface area contributed by atoms with Crippen molar-refractivity contribution in [3.05, 3.63) is 59.7 Å². The predicted molar refractivity (Wildman–Crippen MR) is 115 cm³/mol. The van der Waals surface area contributed by atoms with Crippen molar-refractivity contribution >= 4 is 22.0 Å². The molecule has 0 unspecified atom stereocenters. The van der Waals surface area contributed by atoms with Crippen LogP contribution in [0.25, 0.3) is 0 Å². The fourth-order valence-corrected chi connectivity index (χ4v) is 4.95. The Kier molecular flexibility index (Phi) is 7.12. The number of hydrogen-bond donors (Lipinski definition) is 0. The van der Waals surface area contributed by atoms with Crippen LogP contribution in [0.4, 0.5) is 0 Å². The van der Waals surface area contributed by atoms with Crippen LogP contribution in [0.5, 0.6) is 5.75 Å². The molecular formula is C23H27NO6S. The van der Waals surface area contributed by atoms with E-state index in [-0.39, 0.29) is 23.9 Å². The summed E-state index contributed by atoms with van der Waals surface area (Å²) in [6.07, 6.45) is 0.783. The highest BCUT2D eigenvalue weighted by Gasteiger charge is 2.33. The Morgan fingerprint density at radius 1 is 0.968 bits per heavy atom. The molecule has 0 radical (unpaired) electrons. The van der Waals surface area contributed by atoms with Crippen LogP contribution in [-0.2, 0) is 19.6 Å². The van der Waals surface area contributed by atoms with Gasteiger partial charge in [0.15, 0.2) is 0 Å². The number of ether oxygens (including phenoxy) is 2. The van der Waals surface area contributed by atoms with E-state index in [9.17, 15) is 18.0 Å². The summed E-state index contributed by atoms with van der Waals surface area (Å²) in [4.78, 5) is 24.2. The maximum Gasteiger partial charge on any atom is 0.337 e. The van der Waals surface area contributed by atoms with Gasteiger partial charge in [0.05, 0.1) is 23.5 Å². The van der Waals surface area contributed by atoms with Gasteiger partial charge in [-0.1, -0.05) is 26.0 Å². The maximum atomic E-state index is 12.9. The summed E-state index contributed by atoms with van der Waals surface area (Å²) in [7, 11) is -2.30. The van der Waals surface area contributed by atoms with Crippen LogP contribution in [0.2, 0.25) is 0 Å². The zero-order valence-corrected chi connectivity index (χ0v) is 18.7. The van der Waals surface area contributed by atoms with Gasteiger partial charge < -0.3 is 9.47 Å². The highest BCUT2D eigenvalue weighted by atomic mass is 32.2. The molecule has 0 N–H and O–H groups in total. The predicted octanol–water partition coefficient (Wildman–Crippen LogP) is 3.60. The Labute approximate surface area is 183 Å². The number of hydrogen-bond acceptors (Lipinski definition) is 6. The Morgan fingerprint density at radius 2 is 1.55 bits per heavy atom. The molecule has 1 heterocycles. The summed E-state index contributed by atoms with van der Waals surface area (Å²) in [5.41, 5.74) is 1.45. The number of carbonyl (C=O) groups is 2. The molecule has 0 bridgehead atoms. The summed E-state index contributed by atoms with van der Waals surface area (Å²) in [6, 6.07) is 13.1. The molecule has 0 aliphatic carbocycles. The van der Waals surface area contributed by atoms with E-state index in [0.717, 1.165) is 5.56 Å². The molecule has 1 aliphatic rings. The third kappa shape index (κ3) is 5.32. The quantitative estimate of drug-likeness (QED) is 0.498. The molecule has 0 atom stereocenters. The van der Waals surface area contributed by atoms with Crippen LogP contribution in [0, 0.1) is 5.92 Å². The molecule has 1 fully saturated rings. The molecule has 1 saturated heterocycles. The van der Waals surface area contributed by atoms with Gasteiger partial charge >= 0.3 is 11.9 Å². The smallest absolute Gasteiger partial charge is 0.337 e. The minimum Gasteiger partial charge on any atom is -0.465 e. The van der Waals surface area contributed by atoms with Gasteiger partial charge in [-0.15, -0.1) is 0 Å². The van der Waals surface area contributed by atoms with Gasteiger partial charge in [0.1, 0.15) is 5.75 Å². The van der Waals surface area contributed by atoms with Crippen molar-refractivity contribution in [1.29, 1.82) is 0 Å². The van der Waals surface area contributed by atoms with E-state index in [1.54, 1.807) is 12.1 Å². The van der Waals surface area contributed by atoms with E-state index < -0.39 is 22.0 Å². The number of esters is 2. The van der Waals surface area contributed by atoms with E-state index in [0.29, 0.717) is 30.1 Å². The average molecular weight is 446 g/mol. The maximum absolute atomic E-state index is 12.9. The number of sulfonamides is 1. The van der Waals surface area contributed by atoms with Crippen molar-refractivity contribution in [2.75, 3.05) is 20.2 Å². The van der Waals surface area contributed by atoms with Gasteiger partial charge in [-0.2, -0.15) is 4.31 Å². The van der Waals surface area contributed by atoms with Crippen LogP contribution in [-0.4, -0.2) is 44.9 Å². The highest BCUT2D eigenvalue weighted by Crippen LogP contribution is 2.26. The Bertz CT molecular complexity index is 1020. The second kappa shape index (κ2) is 9.62. The number of methoxy groups -OCH3 is 1. The molecule has 0 amide bonds. The van der Waals surface area contributed by atoms with Crippen LogP contribution >= 0.6 is 0 Å². The molecule has 0 spiro atoms. The topological polar surface area (TPSA) is 90.0 Å². The monoisotopic (exact) mass is 445 g/mol. The van der Waals surface area contributed by atoms with Gasteiger partial charge in [0.2, 0.25) is 10.0 Å². The van der Waals surface area contributed by atoms with Crippen molar-refractivity contribution in [3.63, 3.8) is 0 Å². The zero-order valence-electron chi connectivity index (χ0n) is 17.9. The standard InChI is InChI=1S/C23H27NO6S/c1-16(2)17-6-10-21(11-7-17)31(27,28)24-14-12-19(13-15-24)23(26)30-20-8-4-18(5-9-20)22(25)29-3/h4-11,16,19H,12-15H2,1-3H3. The van der Waals surface area contributed by atoms with Crippen molar-refractivity contribution in [1.82, 2.24) is 4.31 Å². The average Bonchev–Trinajstić information content (AvgIpc) is 2.79. The van der Waals surface area contributed by atoms with E-state index in [2.05, 4.69) is 18.6 Å². The normalized spacial score (nSPS) is 15.6. The minimum absolute atomic E-state index is 0.259. The summed E-state index contributed by atoms with van der Waals surface area (Å²) in [6.45, 7) is 4.63. The Morgan fingerprint density at radius 3 is 2.06 bits per heavy atom. The molecule has 0 saturated carbocycles. The van der Waals surface area contributed by atoms with Gasteiger partial charge in [0, 0.05) is 13.1 Å². The van der Waals surface area contributed by atoms with Crippen molar-refractivity contribution < 1.29 is 27.5 Å². The second-order valence-electron chi connectivity index (χ2n) is 7.84. The first kappa shape index (κ1) is 23.0. The third-order valence-electron chi connectivity index (χ3n) is 5.47. The van der Waals surface area contributed by atoms with E-state index in [4.69, 9.17) is 4.74 Å². The van der Waals surface area contributed by atoms with Gasteiger partial charge in [-0.05, 0) is 60.7 Å². The molecule has 2 aromatic carbocycles. The third-order valence-corrected chi connectivity index (χ3v) is 7.38. The van der Waals surface area contributed by atoms with Gasteiger partial charge in [-0.3, -0.25) is 4.79 Å². The van der Waals surface area contributed by atoms with Crippen LogP contribution < -0.4 is 4.74 Å². The van der Waals surface area contributed by atoms with Gasteiger partial charge in [-0.25, -0.2) is 13.2 Å². The SMILES string of the molecule is COC(=O)c1ccc(OC(=O)C2CCN(S(=O)(=O)c3ccc(C(C)C)cc3)CC2)cc1. The summed E-state index contributed by atoms with van der Waals surface area (Å²) in [5.74, 6) is -0.586. The largest absolute Gasteiger partial charge is 0.465 e. The number of carbonyl (C=O) groups excluding carboxylic acids is 2. The fraction of sp³-hybridized carbons (Fsp3) is 0.391. The molecule has 1 aliphatic heterocycles. The number of rotatable bonds is 6. The molecule has 2 aromatic rings. The highest BCUT2D eigenvalue weighted by molar-refractivity contribution is 7.89. The Hall–Kier alpha value is -2.71. The van der Waals surface area contributed by atoms with Gasteiger partial charge in [0.25, 0.3) is 0 Å². The molecular weight excluding hydrogens is 418 g/mol. The fourth-order valence-electron chi connectivity index (χ4n) is 3.48. The lowest BCUT2D eigenvalue weighted by Crippen LogP contribution is -2.41. The summed E-state index contributed by atoms with van der Waals surface area (Å²) in [5, 5.41) is 0. The first-order valence-corrected chi connectivity index (χ1v) is 11.7. The zero-order chi connectivity index (χ0) is 22.6. The molecule has 7 nitrogen and oxygen atoms in total. The van der Waals surface area contributed by atoms with E-state index in [1.165, 1.54) is 35.7 Å². The second-order valence-corrected chi connectivity index (χ2v) is 9.78. The van der Waals surface area contributed by atoms with E-state index in [1.807, 2.05) is 12.1 Å². The number of piperidine rings is 1. The molecule has 0 aromatic heterocycles. The van der Waals surface area contributed by atoms with Crippen molar-refractivity contribution in [2.24, 2.45) is 5.92 Å². The molecule has 8 heteroatoms. The molecule has 166 valence electrons. The van der Waals surface area contributed by atoms with Crippen LogP contribution in [0.1, 0.15) is 48.5 Å². The van der Waals surface area contributed by atoms with Crippen LogP contribution in [0.15, 0.2) is 53.4 Å². The number of nitrogens with zero attached hydrogens (tertiary/aromatic N) is 1. The molecule has 3 rings (SSSR count). The van der Waals surface area contributed by atoms with Crippen LogP contribution in [0.3, 0.4) is 0 Å². The lowest BCUT2D eigenvalue weighted by molar-refractivity contribution is -0.140. The molecule has 31 heavy (non-hydrogen) atoms.